The molecule has 1 fully saturated rings. The zero-order valence-electron chi connectivity index (χ0n) is 34.1. The fourth-order valence-corrected chi connectivity index (χ4v) is 12.9. The third-order valence-electron chi connectivity index (χ3n) is 10.8. The second-order valence-corrected chi connectivity index (χ2v) is 21.1. The van der Waals surface area contributed by atoms with E-state index in [4.69, 9.17) is 34.0 Å². The van der Waals surface area contributed by atoms with Crippen molar-refractivity contribution in [2.24, 2.45) is 22.7 Å². The summed E-state index contributed by atoms with van der Waals surface area (Å²) < 4.78 is 28.9. The molecule has 0 aliphatic heterocycles. The zero-order valence-corrected chi connectivity index (χ0v) is 36.1. The van der Waals surface area contributed by atoms with Gasteiger partial charge in [0.2, 0.25) is 11.8 Å². The molecule has 2 aromatic heterocycles. The Hall–Kier alpha value is -4.66. The summed E-state index contributed by atoms with van der Waals surface area (Å²) in [6.45, 7) is 14.6. The molecule has 0 bridgehead atoms. The SMILES string of the molecule is COCCOc1nc(N)nc2c1ncn2[C@@H]1C[C@H](C(O[Si](c2ccccc2)c2ccccc2)C(C)(C)C)[C@H]1C(O[Si](c1ccccc1)c1ccccc1)C(C)(C)C. The van der Waals surface area contributed by atoms with Gasteiger partial charge in [-0.25, -0.2) is 4.98 Å². The maximum absolute atomic E-state index is 7.74. The summed E-state index contributed by atoms with van der Waals surface area (Å²) in [4.78, 5) is 14.1. The van der Waals surface area contributed by atoms with Gasteiger partial charge in [-0.3, -0.25) is 0 Å². The van der Waals surface area contributed by atoms with Crippen LogP contribution in [-0.2, 0) is 13.6 Å². The molecule has 11 heteroatoms. The topological polar surface area (TPSA) is 107 Å². The van der Waals surface area contributed by atoms with Crippen LogP contribution in [0.25, 0.3) is 11.2 Å². The second kappa shape index (κ2) is 17.5. The molecule has 2 unspecified atom stereocenters. The number of ether oxygens (including phenoxy) is 2. The van der Waals surface area contributed by atoms with Gasteiger partial charge in [0, 0.05) is 19.1 Å². The summed E-state index contributed by atoms with van der Waals surface area (Å²) in [5.41, 5.74) is 7.14. The van der Waals surface area contributed by atoms with Crippen LogP contribution < -0.4 is 31.2 Å². The number of hydrogen-bond donors (Lipinski definition) is 1. The summed E-state index contributed by atoms with van der Waals surface area (Å²) >= 11 is 0. The first-order chi connectivity index (χ1) is 27.4. The summed E-state index contributed by atoms with van der Waals surface area (Å²) in [5.74, 6) is 0.649. The third kappa shape index (κ3) is 9.08. The van der Waals surface area contributed by atoms with Gasteiger partial charge >= 0.3 is 0 Å². The molecule has 7 rings (SSSR count). The van der Waals surface area contributed by atoms with Gasteiger partial charge < -0.3 is 28.6 Å². The molecule has 0 spiro atoms. The van der Waals surface area contributed by atoms with E-state index in [2.05, 4.69) is 172 Å². The monoisotopic (exact) mass is 797 g/mol. The fraction of sp³-hybridized carbons (Fsp3) is 0.370. The molecule has 1 aliphatic rings. The summed E-state index contributed by atoms with van der Waals surface area (Å²) in [5, 5.41) is 4.88. The maximum atomic E-state index is 7.74. The number of nitrogens with two attached hydrogens (primary N) is 1. The molecule has 1 saturated carbocycles. The van der Waals surface area contributed by atoms with E-state index in [0.717, 1.165) is 6.42 Å². The molecule has 2 N–H and O–H groups in total. The van der Waals surface area contributed by atoms with E-state index < -0.39 is 18.1 Å². The molecule has 6 aromatic rings. The summed E-state index contributed by atoms with van der Waals surface area (Å²) in [6, 6.07) is 42.9. The highest BCUT2D eigenvalue weighted by molar-refractivity contribution is 6.80. The largest absolute Gasteiger partial charge is 0.474 e. The maximum Gasteiger partial charge on any atom is 0.283 e. The number of benzene rings is 4. The van der Waals surface area contributed by atoms with Gasteiger partial charge in [0.05, 0.1) is 25.1 Å². The lowest BCUT2D eigenvalue weighted by atomic mass is 9.57. The minimum atomic E-state index is -1.69. The van der Waals surface area contributed by atoms with Gasteiger partial charge in [0.25, 0.3) is 18.1 Å². The number of hydrogen-bond acceptors (Lipinski definition) is 8. The van der Waals surface area contributed by atoms with Crippen molar-refractivity contribution < 1.29 is 18.3 Å². The lowest BCUT2D eigenvalue weighted by Gasteiger charge is -2.57. The van der Waals surface area contributed by atoms with Crippen LogP contribution in [0.2, 0.25) is 0 Å². The van der Waals surface area contributed by atoms with E-state index in [1.807, 2.05) is 6.33 Å². The molecule has 1 aliphatic carbocycles. The Morgan fingerprint density at radius 1 is 0.667 bits per heavy atom. The van der Waals surface area contributed by atoms with E-state index in [0.29, 0.717) is 30.3 Å². The highest BCUT2D eigenvalue weighted by Gasteiger charge is 2.56. The molecule has 9 nitrogen and oxygen atoms in total. The minimum absolute atomic E-state index is 0.0160. The van der Waals surface area contributed by atoms with E-state index in [1.54, 1.807) is 7.11 Å². The van der Waals surface area contributed by atoms with Crippen LogP contribution >= 0.6 is 0 Å². The van der Waals surface area contributed by atoms with Gasteiger partial charge in [-0.1, -0.05) is 163 Å². The predicted octanol–water partition coefficient (Wildman–Crippen LogP) is 6.09. The molecular weight excluding hydrogens is 743 g/mol. The molecular formula is C46H55N5O4Si2. The smallest absolute Gasteiger partial charge is 0.283 e. The van der Waals surface area contributed by atoms with Gasteiger partial charge in [0.1, 0.15) is 6.61 Å². The first kappa shape index (κ1) is 40.5. The van der Waals surface area contributed by atoms with Crippen LogP contribution in [0.15, 0.2) is 128 Å². The Balaban J connectivity index is 1.36. The molecule has 57 heavy (non-hydrogen) atoms. The van der Waals surface area contributed by atoms with Gasteiger partial charge in [-0.2, -0.15) is 9.97 Å². The van der Waals surface area contributed by atoms with E-state index in [1.165, 1.54) is 20.7 Å². The van der Waals surface area contributed by atoms with Crippen molar-refractivity contribution >= 4 is 55.9 Å². The normalized spacial score (nSPS) is 18.4. The standard InChI is InChI=1S/C46H55N5O4Si2/c1-45(2,3)40(54-56(32-20-12-8-13-21-32)33-22-14-9-15-23-33)36-30-37(51-31-48-39-42(51)49-44(47)50-43(39)53-29-28-52-7)38(36)41(46(4,5)6)55-57(34-24-16-10-17-25-34)35-26-18-11-19-27-35/h8-27,31,36-38,40-41H,28-30H2,1-7H3,(H2,47,49,50)/t36-,37+,38+,40?,41?/m0/s1. The number of fused-ring (bicyclic) bond motifs is 1. The second-order valence-electron chi connectivity index (χ2n) is 17.0. The summed E-state index contributed by atoms with van der Waals surface area (Å²) in [6.07, 6.45) is 2.44. The van der Waals surface area contributed by atoms with Crippen LogP contribution in [0, 0.1) is 22.7 Å². The highest BCUT2D eigenvalue weighted by Crippen LogP contribution is 2.56. The number of nitrogens with zero attached hydrogens (tertiary/aromatic N) is 4. The first-order valence-electron chi connectivity index (χ1n) is 19.8. The van der Waals surface area contributed by atoms with Gasteiger partial charge in [0.15, 0.2) is 11.2 Å². The van der Waals surface area contributed by atoms with E-state index in [9.17, 15) is 0 Å². The van der Waals surface area contributed by atoms with E-state index >= 15 is 0 Å². The Bertz CT molecular complexity index is 2100. The Morgan fingerprint density at radius 3 is 1.56 bits per heavy atom. The van der Waals surface area contributed by atoms with Crippen molar-refractivity contribution in [1.29, 1.82) is 0 Å². The van der Waals surface area contributed by atoms with Crippen molar-refractivity contribution in [3.8, 4) is 5.88 Å². The van der Waals surface area contributed by atoms with Crippen molar-refractivity contribution in [3.63, 3.8) is 0 Å². The van der Waals surface area contributed by atoms with Crippen LogP contribution in [0.5, 0.6) is 5.88 Å². The molecule has 0 saturated heterocycles. The van der Waals surface area contributed by atoms with Crippen LogP contribution in [0.3, 0.4) is 0 Å². The van der Waals surface area contributed by atoms with Crippen molar-refractivity contribution in [3.05, 3.63) is 128 Å². The molecule has 2 radical (unpaired) electrons. The first-order valence-corrected chi connectivity index (χ1v) is 22.7. The molecule has 5 atom stereocenters. The van der Waals surface area contributed by atoms with Crippen LogP contribution in [-0.4, -0.2) is 70.1 Å². The number of methoxy groups -OCH3 is 1. The lowest BCUT2D eigenvalue weighted by Crippen LogP contribution is -2.62. The number of aromatic nitrogens is 4. The molecule has 2 heterocycles. The minimum Gasteiger partial charge on any atom is -0.474 e. The van der Waals surface area contributed by atoms with E-state index in [-0.39, 0.29) is 46.9 Å². The Kier molecular flexibility index (Phi) is 12.4. The fourth-order valence-electron chi connectivity index (χ4n) is 8.16. The van der Waals surface area contributed by atoms with Crippen molar-refractivity contribution in [2.45, 2.75) is 66.2 Å². The Morgan fingerprint density at radius 2 is 1.12 bits per heavy atom. The van der Waals surface area contributed by atoms with Crippen molar-refractivity contribution in [1.82, 2.24) is 19.5 Å². The number of nitrogen functional groups attached to an aromatic ring is 1. The quantitative estimate of drug-likeness (QED) is 0.0985. The Labute approximate surface area is 341 Å². The number of anilines is 1. The van der Waals surface area contributed by atoms with Gasteiger partial charge in [-0.15, -0.1) is 0 Å². The van der Waals surface area contributed by atoms with Crippen molar-refractivity contribution in [2.75, 3.05) is 26.1 Å². The predicted molar refractivity (Wildman–Crippen MR) is 232 cm³/mol. The molecule has 296 valence electrons. The van der Waals surface area contributed by atoms with Crippen LogP contribution in [0.4, 0.5) is 5.95 Å². The summed E-state index contributed by atoms with van der Waals surface area (Å²) in [7, 11) is -1.68. The number of rotatable bonds is 15. The molecule has 0 amide bonds. The zero-order chi connectivity index (χ0) is 40.2. The average molecular weight is 798 g/mol. The number of imidazole rings is 1. The highest BCUT2D eigenvalue weighted by atomic mass is 28.3. The lowest BCUT2D eigenvalue weighted by molar-refractivity contribution is -0.127. The average Bonchev–Trinajstić information content (AvgIpc) is 3.61. The third-order valence-corrected chi connectivity index (χ3v) is 15.2. The molecule has 4 aromatic carbocycles. The van der Waals surface area contributed by atoms with Gasteiger partial charge in [-0.05, 0) is 43.9 Å². The van der Waals surface area contributed by atoms with Crippen LogP contribution in [0.1, 0.15) is 54.0 Å².